The van der Waals surface area contributed by atoms with Crippen molar-refractivity contribution in [2.45, 2.75) is 0 Å². The normalized spacial score (nSPS) is 8.77. The van der Waals surface area contributed by atoms with E-state index in [1.165, 1.54) is 0 Å². The lowest BCUT2D eigenvalue weighted by Gasteiger charge is -2.03. The van der Waals surface area contributed by atoms with E-state index in [2.05, 4.69) is 11.8 Å². The molecule has 0 aromatic heterocycles. The number of nitrogens with two attached hydrogens (primary N) is 2. The van der Waals surface area contributed by atoms with Crippen molar-refractivity contribution in [2.75, 3.05) is 0 Å². The summed E-state index contributed by atoms with van der Waals surface area (Å²) in [4.78, 5) is 27.5. The van der Waals surface area contributed by atoms with Crippen LogP contribution in [0.15, 0.2) is 0 Å². The van der Waals surface area contributed by atoms with Crippen molar-refractivity contribution in [1.82, 2.24) is 0 Å². The van der Waals surface area contributed by atoms with Gasteiger partial charge in [-0.25, -0.2) is 11.8 Å². The molecule has 1 aromatic carbocycles. The number of nitro groups is 3. The maximum Gasteiger partial charge on any atom is 0.366 e. The predicted octanol–water partition coefficient (Wildman–Crippen LogP) is 0.144. The van der Waals surface area contributed by atoms with E-state index >= 15 is 0 Å². The lowest BCUT2D eigenvalue weighted by molar-refractivity contribution is -0.405. The van der Waals surface area contributed by atoms with Crippen molar-refractivity contribution in [1.29, 1.82) is 0 Å². The third-order valence-corrected chi connectivity index (χ3v) is 2.22. The summed E-state index contributed by atoms with van der Waals surface area (Å²) in [5, 5.41) is 61.9. The molecular weight excluding hydrogens is 338 g/mol. The van der Waals surface area contributed by atoms with Crippen LogP contribution in [0.4, 0.5) is 17.1 Å². The minimum absolute atomic E-state index is 1.20. The molecule has 0 heterocycles. The zero-order valence-corrected chi connectivity index (χ0v) is 10.9. The zero-order chi connectivity index (χ0) is 18.2. The molecule has 22 heavy (non-hydrogen) atoms. The molecule has 0 amide bonds. The van der Waals surface area contributed by atoms with Crippen LogP contribution < -0.4 is 11.8 Å². The molecule has 0 aliphatic rings. The largest absolute Gasteiger partial charge is 0.497 e. The molecule has 0 spiro atoms. The minimum Gasteiger partial charge on any atom is -0.497 e. The SMILES string of the molecule is NO.NO.O=[N+]([O-])c1c(O)c([N+](=O)[O-])c(Cl)c([N+](=O)[O-])c1O. The van der Waals surface area contributed by atoms with Crippen LogP contribution >= 0.6 is 11.6 Å². The Balaban J connectivity index is 0. The summed E-state index contributed by atoms with van der Waals surface area (Å²) in [7, 11) is 0. The van der Waals surface area contributed by atoms with Crippen molar-refractivity contribution in [3.63, 3.8) is 0 Å². The van der Waals surface area contributed by atoms with Crippen molar-refractivity contribution in [3.05, 3.63) is 35.4 Å². The molecule has 15 nitrogen and oxygen atoms in total. The Bertz CT molecular complexity index is 490. The quantitative estimate of drug-likeness (QED) is 0.315. The summed E-state index contributed by atoms with van der Waals surface area (Å²) in [5.74, 6) is 3.89. The van der Waals surface area contributed by atoms with Crippen LogP contribution in [0.1, 0.15) is 0 Å². The maximum atomic E-state index is 10.5. The first kappa shape index (κ1) is 21.4. The number of halogens is 1. The van der Waals surface area contributed by atoms with Crippen LogP contribution in [0, 0.1) is 30.3 Å². The van der Waals surface area contributed by atoms with Gasteiger partial charge in [0.1, 0.15) is 0 Å². The van der Waals surface area contributed by atoms with Gasteiger partial charge in [0, 0.05) is 0 Å². The fourth-order valence-electron chi connectivity index (χ4n) is 1.16. The van der Waals surface area contributed by atoms with Crippen LogP contribution in [0.2, 0.25) is 5.02 Å². The second-order valence-corrected chi connectivity index (χ2v) is 3.21. The third kappa shape index (κ3) is 4.07. The van der Waals surface area contributed by atoms with Gasteiger partial charge in [-0.05, 0) is 0 Å². The molecule has 0 saturated carbocycles. The average molecular weight is 346 g/mol. The van der Waals surface area contributed by atoms with Gasteiger partial charge in [-0.2, -0.15) is 0 Å². The average Bonchev–Trinajstić information content (AvgIpc) is 2.41. The van der Waals surface area contributed by atoms with Crippen molar-refractivity contribution in [3.8, 4) is 11.5 Å². The summed E-state index contributed by atoms with van der Waals surface area (Å²) in [6.45, 7) is 0. The number of benzene rings is 1. The second-order valence-electron chi connectivity index (χ2n) is 2.83. The maximum absolute atomic E-state index is 10.5. The fourth-order valence-corrected chi connectivity index (χ4v) is 1.48. The number of phenolic OH excluding ortho intramolecular Hbond substituents is 2. The monoisotopic (exact) mass is 345 g/mol. The topological polar surface area (TPSA) is 262 Å². The second kappa shape index (κ2) is 9.15. The standard InChI is InChI=1S/C6H2ClN3O8.2H3NO/c7-1-2(8(13)14)5(11)4(10(17)18)6(12)3(1)9(15)16;2*1-2/h11-12H;2*2H,1H2. The van der Waals surface area contributed by atoms with Crippen LogP contribution in [0.25, 0.3) is 0 Å². The van der Waals surface area contributed by atoms with Crippen LogP contribution in [-0.4, -0.2) is 35.4 Å². The van der Waals surface area contributed by atoms with E-state index < -0.39 is 48.4 Å². The first-order valence-corrected chi connectivity index (χ1v) is 4.80. The Labute approximate surface area is 123 Å². The lowest BCUT2D eigenvalue weighted by atomic mass is 10.2. The van der Waals surface area contributed by atoms with Crippen molar-refractivity contribution < 1.29 is 35.4 Å². The summed E-state index contributed by atoms with van der Waals surface area (Å²) in [6, 6.07) is 0. The van der Waals surface area contributed by atoms with E-state index in [-0.39, 0.29) is 0 Å². The Kier molecular flexibility index (Phi) is 8.92. The minimum atomic E-state index is -1.56. The van der Waals surface area contributed by atoms with Gasteiger partial charge in [0.2, 0.25) is 5.02 Å². The van der Waals surface area contributed by atoms with Crippen LogP contribution in [0.3, 0.4) is 0 Å². The van der Waals surface area contributed by atoms with Gasteiger partial charge in [-0.1, -0.05) is 11.6 Å². The van der Waals surface area contributed by atoms with Crippen molar-refractivity contribution >= 4 is 28.7 Å². The summed E-state index contributed by atoms with van der Waals surface area (Å²) >= 11 is 5.26. The fraction of sp³-hybridized carbons (Fsp3) is 0. The molecule has 0 bridgehead atoms. The highest BCUT2D eigenvalue weighted by atomic mass is 35.5. The number of rotatable bonds is 3. The number of nitro benzene ring substituents is 3. The van der Waals surface area contributed by atoms with E-state index in [1.807, 2.05) is 0 Å². The van der Waals surface area contributed by atoms with Gasteiger partial charge in [-0.15, -0.1) is 0 Å². The number of hydrogen-bond donors (Lipinski definition) is 6. The highest BCUT2D eigenvalue weighted by molar-refractivity contribution is 6.35. The lowest BCUT2D eigenvalue weighted by Crippen LogP contribution is -2.00. The molecule has 8 N–H and O–H groups in total. The Morgan fingerprint density at radius 2 is 0.955 bits per heavy atom. The number of aromatic hydroxyl groups is 2. The Morgan fingerprint density at radius 3 is 1.14 bits per heavy atom. The van der Waals surface area contributed by atoms with E-state index in [9.17, 15) is 40.6 Å². The van der Waals surface area contributed by atoms with Gasteiger partial charge in [0.25, 0.3) is 11.5 Å². The van der Waals surface area contributed by atoms with Crippen LogP contribution in [-0.2, 0) is 0 Å². The summed E-state index contributed by atoms with van der Waals surface area (Å²) < 4.78 is 0. The Morgan fingerprint density at radius 1 is 0.727 bits per heavy atom. The summed E-state index contributed by atoms with van der Waals surface area (Å²) in [5.41, 5.74) is -4.40. The molecule has 16 heteroatoms. The van der Waals surface area contributed by atoms with E-state index in [1.54, 1.807) is 0 Å². The molecule has 0 atom stereocenters. The predicted molar refractivity (Wildman–Crippen MR) is 66.7 cm³/mol. The van der Waals surface area contributed by atoms with Gasteiger partial charge >= 0.3 is 17.1 Å². The third-order valence-electron chi connectivity index (χ3n) is 1.86. The number of nitrogens with zero attached hydrogens (tertiary/aromatic N) is 3. The molecule has 0 aliphatic heterocycles. The van der Waals surface area contributed by atoms with E-state index in [0.29, 0.717) is 0 Å². The molecular formula is C6H8ClN5O10. The van der Waals surface area contributed by atoms with E-state index in [0.717, 1.165) is 0 Å². The summed E-state index contributed by atoms with van der Waals surface area (Å²) in [6.07, 6.45) is 0. The van der Waals surface area contributed by atoms with Crippen LogP contribution in [0.5, 0.6) is 11.5 Å². The van der Waals surface area contributed by atoms with Crippen molar-refractivity contribution in [2.24, 2.45) is 11.8 Å². The molecule has 0 saturated heterocycles. The highest BCUT2D eigenvalue weighted by Gasteiger charge is 2.42. The highest BCUT2D eigenvalue weighted by Crippen LogP contribution is 2.53. The van der Waals surface area contributed by atoms with Gasteiger partial charge < -0.3 is 20.6 Å². The molecule has 0 fully saturated rings. The van der Waals surface area contributed by atoms with E-state index in [4.69, 9.17) is 22.0 Å². The first-order valence-electron chi connectivity index (χ1n) is 4.42. The number of phenols is 2. The molecule has 0 radical (unpaired) electrons. The molecule has 0 unspecified atom stereocenters. The Hall–Kier alpha value is -2.85. The van der Waals surface area contributed by atoms with Gasteiger partial charge in [0.15, 0.2) is 0 Å². The molecule has 1 rings (SSSR count). The number of hydrogen-bond acceptors (Lipinski definition) is 12. The first-order chi connectivity index (χ1) is 10.2. The molecule has 1 aromatic rings. The smallest absolute Gasteiger partial charge is 0.366 e. The molecule has 0 aliphatic carbocycles. The van der Waals surface area contributed by atoms with Gasteiger partial charge in [-0.3, -0.25) is 30.3 Å². The van der Waals surface area contributed by atoms with Gasteiger partial charge in [0.05, 0.1) is 14.8 Å². The zero-order valence-electron chi connectivity index (χ0n) is 10.1. The molecule has 124 valence electrons.